The Morgan fingerprint density at radius 1 is 1.10 bits per heavy atom. The summed E-state index contributed by atoms with van der Waals surface area (Å²) in [4.78, 5) is 13.6. The minimum absolute atomic E-state index is 0.0238. The summed E-state index contributed by atoms with van der Waals surface area (Å²) < 4.78 is 38.7. The van der Waals surface area contributed by atoms with Crippen molar-refractivity contribution < 1.29 is 18.6 Å². The van der Waals surface area contributed by atoms with E-state index in [0.717, 1.165) is 38.8 Å². The van der Waals surface area contributed by atoms with Crippen LogP contribution in [-0.2, 0) is 0 Å². The number of halogens is 2. The Balaban J connectivity index is 1.39. The lowest BCUT2D eigenvalue weighted by Crippen LogP contribution is -2.61. The quantitative estimate of drug-likeness (QED) is 0.335. The number of benzene rings is 3. The maximum absolute atomic E-state index is 16.5. The van der Waals surface area contributed by atoms with Crippen molar-refractivity contribution in [3.05, 3.63) is 54.1 Å². The van der Waals surface area contributed by atoms with Gasteiger partial charge in [0.05, 0.1) is 12.2 Å². The van der Waals surface area contributed by atoms with Crippen molar-refractivity contribution in [3.63, 3.8) is 0 Å². The third-order valence-electron chi connectivity index (χ3n) is 8.69. The molecule has 4 fully saturated rings. The molecule has 3 aliphatic heterocycles. The van der Waals surface area contributed by atoms with Crippen LogP contribution in [0.5, 0.6) is 11.8 Å². The Kier molecular flexibility index (Phi) is 6.05. The van der Waals surface area contributed by atoms with Crippen LogP contribution in [0.15, 0.2) is 42.5 Å². The van der Waals surface area contributed by atoms with Gasteiger partial charge in [0.2, 0.25) is 0 Å². The van der Waals surface area contributed by atoms with E-state index >= 15 is 8.78 Å². The van der Waals surface area contributed by atoms with E-state index in [1.807, 2.05) is 32.3 Å². The molecule has 40 heavy (non-hydrogen) atoms. The first kappa shape index (κ1) is 25.4. The average molecular weight is 546 g/mol. The lowest BCUT2D eigenvalue weighted by Gasteiger charge is -2.46. The molecule has 3 aromatic carbocycles. The summed E-state index contributed by atoms with van der Waals surface area (Å²) in [5.74, 6) is -1.05. The van der Waals surface area contributed by atoms with Gasteiger partial charge in [0.15, 0.2) is 5.82 Å². The van der Waals surface area contributed by atoms with Crippen molar-refractivity contribution in [2.75, 3.05) is 45.2 Å². The highest BCUT2D eigenvalue weighted by atomic mass is 19.1. The molecule has 2 atom stereocenters. The van der Waals surface area contributed by atoms with Gasteiger partial charge >= 0.3 is 6.01 Å². The van der Waals surface area contributed by atoms with Gasteiger partial charge in [-0.05, 0) is 74.3 Å². The smallest absolute Gasteiger partial charge is 0.319 e. The van der Waals surface area contributed by atoms with E-state index in [4.69, 9.17) is 9.72 Å². The topological polar surface area (TPSA) is 73.8 Å². The molecule has 208 valence electrons. The van der Waals surface area contributed by atoms with Gasteiger partial charge in [-0.15, -0.1) is 0 Å². The Hall–Kier alpha value is -3.56. The maximum Gasteiger partial charge on any atom is 0.319 e. The number of ether oxygens (including phenoxy) is 1. The molecule has 4 heterocycles. The molecule has 2 N–H and O–H groups in total. The van der Waals surface area contributed by atoms with Crippen LogP contribution in [0.1, 0.15) is 25.7 Å². The number of nitrogens with zero attached hydrogens (tertiary/aromatic N) is 4. The molecule has 9 heteroatoms. The molecular formula is C31H33F2N5O2. The van der Waals surface area contributed by atoms with Gasteiger partial charge in [0, 0.05) is 42.5 Å². The third kappa shape index (κ3) is 4.41. The molecule has 7 nitrogen and oxygen atoms in total. The molecule has 0 radical (unpaired) electrons. The third-order valence-corrected chi connectivity index (χ3v) is 8.69. The number of phenolic OH excluding ortho intramolecular Hbond substituents is 1. The summed E-state index contributed by atoms with van der Waals surface area (Å²) in [5, 5.41) is 15.6. The predicted molar refractivity (Wildman–Crippen MR) is 152 cm³/mol. The number of nitrogens with one attached hydrogen (secondary N) is 1. The van der Waals surface area contributed by atoms with Crippen LogP contribution < -0.4 is 15.0 Å². The minimum atomic E-state index is -0.783. The molecule has 1 unspecified atom stereocenters. The standard InChI is InChI=1S/C31H33F2N5O2/c1-37(2)16-31(9-10-31)17-40-30-35-28-24(29(36-30)38-15-19-7-8-20(38)14-34-19)13-25(32)26(27(28)33)23-12-21(39)11-18-5-3-4-6-22(18)23/h3-6,11-13,19-20,34,39H,7-10,14-17H2,1-2H3/t19-,20?/m0/s1. The molecule has 8 rings (SSSR count). The molecule has 4 aromatic rings. The Bertz CT molecular complexity index is 1620. The van der Waals surface area contributed by atoms with Gasteiger partial charge < -0.3 is 25.0 Å². The molecule has 0 spiro atoms. The monoisotopic (exact) mass is 545 g/mol. The highest BCUT2D eigenvalue weighted by Crippen LogP contribution is 2.46. The molecule has 2 bridgehead atoms. The second-order valence-electron chi connectivity index (χ2n) is 12.0. The molecule has 0 amide bonds. The Morgan fingerprint density at radius 2 is 1.93 bits per heavy atom. The summed E-state index contributed by atoms with van der Waals surface area (Å²) in [6.45, 7) is 2.85. The highest BCUT2D eigenvalue weighted by molar-refractivity contribution is 6.01. The summed E-state index contributed by atoms with van der Waals surface area (Å²) >= 11 is 0. The number of hydrogen-bond donors (Lipinski definition) is 2. The fourth-order valence-electron chi connectivity index (χ4n) is 6.57. The molecule has 1 aliphatic carbocycles. The van der Waals surface area contributed by atoms with Crippen LogP contribution in [0, 0.1) is 17.0 Å². The molecule has 4 aliphatic rings. The molecule has 3 saturated heterocycles. The van der Waals surface area contributed by atoms with Gasteiger partial charge in [-0.25, -0.2) is 8.78 Å². The summed E-state index contributed by atoms with van der Waals surface area (Å²) in [5.41, 5.74) is 0.126. The van der Waals surface area contributed by atoms with Crippen LogP contribution in [-0.4, -0.2) is 72.4 Å². The first-order valence-electron chi connectivity index (χ1n) is 14.0. The number of phenols is 1. The second-order valence-corrected chi connectivity index (χ2v) is 12.0. The van der Waals surface area contributed by atoms with E-state index in [2.05, 4.69) is 20.1 Å². The number of piperidine rings is 2. The van der Waals surface area contributed by atoms with Gasteiger partial charge in [-0.2, -0.15) is 9.97 Å². The van der Waals surface area contributed by atoms with E-state index in [1.165, 1.54) is 12.1 Å². The number of hydrogen-bond acceptors (Lipinski definition) is 7. The SMILES string of the molecule is CN(C)CC1(COc2nc(N3C[C@@H]4CCC3CN4)c3cc(F)c(-c4cc(O)cc5ccccc45)c(F)c3n2)CC1. The van der Waals surface area contributed by atoms with Crippen molar-refractivity contribution in [3.8, 4) is 22.9 Å². The van der Waals surface area contributed by atoms with Crippen molar-refractivity contribution in [1.29, 1.82) is 0 Å². The normalized spacial score (nSPS) is 21.5. The number of fused-ring (bicyclic) bond motifs is 5. The first-order chi connectivity index (χ1) is 19.3. The van der Waals surface area contributed by atoms with Crippen LogP contribution in [0.25, 0.3) is 32.8 Å². The average Bonchev–Trinajstić information content (AvgIpc) is 3.71. The highest BCUT2D eigenvalue weighted by Gasteiger charge is 2.44. The van der Waals surface area contributed by atoms with Crippen LogP contribution >= 0.6 is 0 Å². The van der Waals surface area contributed by atoms with Gasteiger partial charge in [0.25, 0.3) is 0 Å². The number of aromatic nitrogens is 2. The van der Waals surface area contributed by atoms with Crippen molar-refractivity contribution in [2.24, 2.45) is 5.41 Å². The van der Waals surface area contributed by atoms with E-state index in [9.17, 15) is 5.11 Å². The molecule has 1 saturated carbocycles. The maximum atomic E-state index is 16.5. The summed E-state index contributed by atoms with van der Waals surface area (Å²) in [7, 11) is 4.08. The zero-order chi connectivity index (χ0) is 27.6. The Labute approximate surface area is 231 Å². The zero-order valence-electron chi connectivity index (χ0n) is 22.8. The minimum Gasteiger partial charge on any atom is -0.508 e. The zero-order valence-corrected chi connectivity index (χ0v) is 22.8. The number of anilines is 1. The number of rotatable bonds is 7. The van der Waals surface area contributed by atoms with Gasteiger partial charge in [0.1, 0.15) is 22.9 Å². The van der Waals surface area contributed by atoms with Crippen molar-refractivity contribution >= 4 is 27.5 Å². The van der Waals surface area contributed by atoms with Crippen LogP contribution in [0.4, 0.5) is 14.6 Å². The Morgan fingerprint density at radius 3 is 2.62 bits per heavy atom. The van der Waals surface area contributed by atoms with Crippen LogP contribution in [0.3, 0.4) is 0 Å². The fraction of sp³-hybridized carbons (Fsp3) is 0.419. The second kappa shape index (κ2) is 9.52. The van der Waals surface area contributed by atoms with Crippen molar-refractivity contribution in [2.45, 2.75) is 37.8 Å². The van der Waals surface area contributed by atoms with Gasteiger partial charge in [-0.1, -0.05) is 24.3 Å². The number of piperazine rings is 1. The predicted octanol–water partition coefficient (Wildman–Crippen LogP) is 5.10. The largest absolute Gasteiger partial charge is 0.508 e. The lowest BCUT2D eigenvalue weighted by molar-refractivity contribution is 0.183. The molecular weight excluding hydrogens is 512 g/mol. The lowest BCUT2D eigenvalue weighted by atomic mass is 9.92. The van der Waals surface area contributed by atoms with Crippen LogP contribution in [0.2, 0.25) is 0 Å². The molecule has 1 aromatic heterocycles. The summed E-state index contributed by atoms with van der Waals surface area (Å²) in [6.07, 6.45) is 4.17. The first-order valence-corrected chi connectivity index (χ1v) is 14.0. The fourth-order valence-corrected chi connectivity index (χ4v) is 6.57. The number of aromatic hydroxyl groups is 1. The van der Waals surface area contributed by atoms with Crippen molar-refractivity contribution in [1.82, 2.24) is 20.2 Å². The van der Waals surface area contributed by atoms with E-state index in [-0.39, 0.29) is 39.9 Å². The van der Waals surface area contributed by atoms with E-state index in [0.29, 0.717) is 41.2 Å². The van der Waals surface area contributed by atoms with Gasteiger partial charge in [-0.3, -0.25) is 0 Å². The van der Waals surface area contributed by atoms with E-state index < -0.39 is 11.6 Å². The summed E-state index contributed by atoms with van der Waals surface area (Å²) in [6, 6.07) is 12.2. The van der Waals surface area contributed by atoms with E-state index in [1.54, 1.807) is 12.1 Å².